The lowest BCUT2D eigenvalue weighted by atomic mass is 9.91. The van der Waals surface area contributed by atoms with Gasteiger partial charge in [-0.05, 0) is 36.1 Å². The highest BCUT2D eigenvalue weighted by Gasteiger charge is 2.17. The van der Waals surface area contributed by atoms with Crippen molar-refractivity contribution in [3.8, 4) is 0 Å². The molecule has 96 valence electrons. The summed E-state index contributed by atoms with van der Waals surface area (Å²) in [6.45, 7) is 4.43. The van der Waals surface area contributed by atoms with Crippen LogP contribution in [0.2, 0.25) is 5.02 Å². The largest absolute Gasteiger partial charge is 0.271 e. The van der Waals surface area contributed by atoms with Crippen LogP contribution < -0.4 is 11.3 Å². The first-order chi connectivity index (χ1) is 8.12. The number of benzene rings is 1. The predicted octanol–water partition coefficient (Wildman–Crippen LogP) is 4.43. The van der Waals surface area contributed by atoms with Crippen LogP contribution in [0.25, 0.3) is 0 Å². The molecule has 0 heterocycles. The molecular formula is C13H20BrClN2. The molecule has 0 aliphatic rings. The first-order valence-electron chi connectivity index (χ1n) is 6.03. The Bertz CT molecular complexity index is 353. The Hall–Kier alpha value is -0.0900. The molecule has 0 spiro atoms. The van der Waals surface area contributed by atoms with Gasteiger partial charge in [0.25, 0.3) is 0 Å². The fourth-order valence-corrected chi connectivity index (χ4v) is 2.65. The van der Waals surface area contributed by atoms with Crippen LogP contribution in [0.15, 0.2) is 22.7 Å². The second kappa shape index (κ2) is 7.37. The maximum Gasteiger partial charge on any atom is 0.0477 e. The van der Waals surface area contributed by atoms with Crippen LogP contribution >= 0.6 is 27.5 Å². The third-order valence-electron chi connectivity index (χ3n) is 3.26. The van der Waals surface area contributed by atoms with Crippen molar-refractivity contribution in [3.05, 3.63) is 33.3 Å². The topological polar surface area (TPSA) is 38.0 Å². The van der Waals surface area contributed by atoms with Crippen molar-refractivity contribution < 1.29 is 0 Å². The standard InChI is InChI=1S/C13H20BrClN2/c1-3-9(4-2)7-13(17-16)11-8-10(14)5-6-12(11)15/h5-6,8-9,13,17H,3-4,7,16H2,1-2H3. The molecule has 0 fully saturated rings. The number of hydrogen-bond acceptors (Lipinski definition) is 2. The molecule has 0 aliphatic heterocycles. The smallest absolute Gasteiger partial charge is 0.0477 e. The number of rotatable bonds is 6. The van der Waals surface area contributed by atoms with Gasteiger partial charge in [0.2, 0.25) is 0 Å². The molecule has 1 rings (SSSR count). The lowest BCUT2D eigenvalue weighted by Gasteiger charge is -2.22. The van der Waals surface area contributed by atoms with E-state index in [2.05, 4.69) is 35.2 Å². The molecule has 3 N–H and O–H groups in total. The molecule has 0 radical (unpaired) electrons. The minimum atomic E-state index is 0.116. The van der Waals surface area contributed by atoms with Crippen molar-refractivity contribution in [1.29, 1.82) is 0 Å². The van der Waals surface area contributed by atoms with Gasteiger partial charge in [0.15, 0.2) is 0 Å². The average molecular weight is 320 g/mol. The van der Waals surface area contributed by atoms with Crippen molar-refractivity contribution in [2.24, 2.45) is 11.8 Å². The van der Waals surface area contributed by atoms with Crippen molar-refractivity contribution in [2.45, 2.75) is 39.2 Å². The first kappa shape index (κ1) is 15.0. The minimum Gasteiger partial charge on any atom is -0.271 e. The van der Waals surface area contributed by atoms with Gasteiger partial charge in [-0.1, -0.05) is 54.2 Å². The van der Waals surface area contributed by atoms with E-state index in [0.717, 1.165) is 21.5 Å². The Labute approximate surface area is 117 Å². The number of nitrogens with one attached hydrogen (secondary N) is 1. The van der Waals surface area contributed by atoms with Crippen LogP contribution in [0.1, 0.15) is 44.7 Å². The molecule has 0 aliphatic carbocycles. The average Bonchev–Trinajstić information content (AvgIpc) is 2.34. The minimum absolute atomic E-state index is 0.116. The Kier molecular flexibility index (Phi) is 6.49. The summed E-state index contributed by atoms with van der Waals surface area (Å²) < 4.78 is 1.03. The van der Waals surface area contributed by atoms with E-state index in [9.17, 15) is 0 Å². The Morgan fingerprint density at radius 2 is 2.00 bits per heavy atom. The van der Waals surface area contributed by atoms with Gasteiger partial charge in [0.1, 0.15) is 0 Å². The van der Waals surface area contributed by atoms with Crippen LogP contribution in [-0.2, 0) is 0 Å². The molecule has 0 saturated carbocycles. The number of halogens is 2. The van der Waals surface area contributed by atoms with E-state index in [4.69, 9.17) is 17.4 Å². The van der Waals surface area contributed by atoms with Crippen molar-refractivity contribution in [1.82, 2.24) is 5.43 Å². The van der Waals surface area contributed by atoms with Crippen LogP contribution in [0, 0.1) is 5.92 Å². The first-order valence-corrected chi connectivity index (χ1v) is 7.20. The monoisotopic (exact) mass is 318 g/mol. The number of nitrogens with two attached hydrogens (primary N) is 1. The van der Waals surface area contributed by atoms with Gasteiger partial charge < -0.3 is 0 Å². The third kappa shape index (κ3) is 4.25. The van der Waals surface area contributed by atoms with Gasteiger partial charge in [-0.2, -0.15) is 0 Å². The normalized spacial score (nSPS) is 13.1. The molecule has 17 heavy (non-hydrogen) atoms. The van der Waals surface area contributed by atoms with Gasteiger partial charge in [-0.3, -0.25) is 11.3 Å². The molecule has 1 aromatic carbocycles. The van der Waals surface area contributed by atoms with E-state index in [-0.39, 0.29) is 6.04 Å². The highest BCUT2D eigenvalue weighted by atomic mass is 79.9. The quantitative estimate of drug-likeness (QED) is 0.601. The summed E-state index contributed by atoms with van der Waals surface area (Å²) in [5.74, 6) is 6.33. The Morgan fingerprint density at radius 3 is 2.53 bits per heavy atom. The Morgan fingerprint density at radius 1 is 1.35 bits per heavy atom. The molecule has 2 nitrogen and oxygen atoms in total. The van der Waals surface area contributed by atoms with Crippen LogP contribution in [0.5, 0.6) is 0 Å². The van der Waals surface area contributed by atoms with E-state index in [1.165, 1.54) is 12.8 Å². The van der Waals surface area contributed by atoms with E-state index in [1.807, 2.05) is 18.2 Å². The van der Waals surface area contributed by atoms with Gasteiger partial charge in [-0.15, -0.1) is 0 Å². The molecule has 1 aromatic rings. The number of hydrogen-bond donors (Lipinski definition) is 2. The van der Waals surface area contributed by atoms with E-state index < -0.39 is 0 Å². The van der Waals surface area contributed by atoms with Crippen LogP contribution in [0.3, 0.4) is 0 Å². The van der Waals surface area contributed by atoms with E-state index in [1.54, 1.807) is 0 Å². The summed E-state index contributed by atoms with van der Waals surface area (Å²) in [5, 5.41) is 0.766. The third-order valence-corrected chi connectivity index (χ3v) is 4.10. The molecule has 1 atom stereocenters. The predicted molar refractivity (Wildman–Crippen MR) is 77.9 cm³/mol. The molecule has 4 heteroatoms. The summed E-state index contributed by atoms with van der Waals surface area (Å²) in [4.78, 5) is 0. The summed E-state index contributed by atoms with van der Waals surface area (Å²) in [6, 6.07) is 5.99. The lowest BCUT2D eigenvalue weighted by molar-refractivity contribution is 0.375. The highest BCUT2D eigenvalue weighted by Crippen LogP contribution is 2.31. The lowest BCUT2D eigenvalue weighted by Crippen LogP contribution is -2.29. The molecule has 0 saturated heterocycles. The van der Waals surface area contributed by atoms with Crippen molar-refractivity contribution in [3.63, 3.8) is 0 Å². The zero-order valence-electron chi connectivity index (χ0n) is 10.3. The summed E-state index contributed by atoms with van der Waals surface area (Å²) in [7, 11) is 0. The summed E-state index contributed by atoms with van der Waals surface area (Å²) in [6.07, 6.45) is 3.35. The molecular weight excluding hydrogens is 300 g/mol. The molecule has 0 amide bonds. The number of hydrazine groups is 1. The van der Waals surface area contributed by atoms with Gasteiger partial charge in [-0.25, -0.2) is 0 Å². The van der Waals surface area contributed by atoms with Crippen molar-refractivity contribution in [2.75, 3.05) is 0 Å². The fourth-order valence-electron chi connectivity index (χ4n) is 2.02. The van der Waals surface area contributed by atoms with Gasteiger partial charge in [0.05, 0.1) is 0 Å². The summed E-state index contributed by atoms with van der Waals surface area (Å²) >= 11 is 9.69. The van der Waals surface area contributed by atoms with Gasteiger partial charge in [0, 0.05) is 15.5 Å². The fraction of sp³-hybridized carbons (Fsp3) is 0.538. The zero-order chi connectivity index (χ0) is 12.8. The maximum absolute atomic E-state index is 6.22. The summed E-state index contributed by atoms with van der Waals surface area (Å²) in [5.41, 5.74) is 3.95. The highest BCUT2D eigenvalue weighted by molar-refractivity contribution is 9.10. The second-order valence-corrected chi connectivity index (χ2v) is 5.63. The molecule has 1 unspecified atom stereocenters. The zero-order valence-corrected chi connectivity index (χ0v) is 12.7. The molecule has 0 aromatic heterocycles. The Balaban J connectivity index is 2.89. The maximum atomic E-state index is 6.22. The SMILES string of the molecule is CCC(CC)CC(NN)c1cc(Br)ccc1Cl. The molecule has 0 bridgehead atoms. The van der Waals surface area contributed by atoms with E-state index in [0.29, 0.717) is 5.92 Å². The van der Waals surface area contributed by atoms with Crippen molar-refractivity contribution >= 4 is 27.5 Å². The van der Waals surface area contributed by atoms with E-state index >= 15 is 0 Å². The van der Waals surface area contributed by atoms with Crippen LogP contribution in [0.4, 0.5) is 0 Å². The second-order valence-electron chi connectivity index (χ2n) is 4.30. The van der Waals surface area contributed by atoms with Crippen LogP contribution in [-0.4, -0.2) is 0 Å². The van der Waals surface area contributed by atoms with Gasteiger partial charge >= 0.3 is 0 Å².